The monoisotopic (exact) mass is 476 g/mol. The van der Waals surface area contributed by atoms with Crippen LogP contribution in [0.2, 0.25) is 0 Å². The van der Waals surface area contributed by atoms with E-state index in [0.29, 0.717) is 0 Å². The molecule has 0 saturated carbocycles. The molecule has 0 aliphatic heterocycles. The number of hydrogen-bond donors (Lipinski definition) is 0. The van der Waals surface area contributed by atoms with Crippen LogP contribution in [0.1, 0.15) is 142 Å². The molecule has 198 valence electrons. The number of rotatable bonds is 24. The first-order valence-electron chi connectivity index (χ1n) is 14.8. The van der Waals surface area contributed by atoms with Gasteiger partial charge in [-0.2, -0.15) is 0 Å². The molecule has 0 saturated heterocycles. The maximum Gasteiger partial charge on any atom is 0.203 e. The molecule has 0 spiro atoms. The summed E-state index contributed by atoms with van der Waals surface area (Å²) in [6, 6.07) is 4.23. The van der Waals surface area contributed by atoms with Gasteiger partial charge in [-0.3, -0.25) is 0 Å². The number of ether oxygens (including phenoxy) is 3. The number of unbranched alkanes of at least 4 members (excludes halogenated alkanes) is 15. The highest BCUT2D eigenvalue weighted by molar-refractivity contribution is 5.53. The van der Waals surface area contributed by atoms with Crippen molar-refractivity contribution >= 4 is 0 Å². The molecule has 0 aliphatic carbocycles. The van der Waals surface area contributed by atoms with E-state index in [1.165, 1.54) is 102 Å². The number of hydrogen-bond acceptors (Lipinski definition) is 3. The molecule has 3 heteroatoms. The molecule has 1 aromatic carbocycles. The van der Waals surface area contributed by atoms with Gasteiger partial charge in [0.15, 0.2) is 11.5 Å². The van der Waals surface area contributed by atoms with Gasteiger partial charge in [-0.1, -0.05) is 117 Å². The average molecular weight is 477 g/mol. The molecule has 3 nitrogen and oxygen atoms in total. The van der Waals surface area contributed by atoms with Gasteiger partial charge in [0.2, 0.25) is 5.75 Å². The van der Waals surface area contributed by atoms with Crippen molar-refractivity contribution in [3.8, 4) is 17.2 Å². The third kappa shape index (κ3) is 15.5. The van der Waals surface area contributed by atoms with E-state index in [9.17, 15) is 0 Å². The topological polar surface area (TPSA) is 27.7 Å². The van der Waals surface area contributed by atoms with Gasteiger partial charge in [-0.15, -0.1) is 0 Å². The van der Waals surface area contributed by atoms with Crippen molar-refractivity contribution in [1.29, 1.82) is 0 Å². The van der Waals surface area contributed by atoms with E-state index in [0.717, 1.165) is 56.3 Å². The highest BCUT2D eigenvalue weighted by Gasteiger charge is 2.15. The van der Waals surface area contributed by atoms with E-state index in [4.69, 9.17) is 14.2 Å². The maximum absolute atomic E-state index is 6.30. The second kappa shape index (κ2) is 22.1. The molecular formula is C31H56O3. The zero-order valence-corrected chi connectivity index (χ0v) is 23.2. The first kappa shape index (κ1) is 30.7. The maximum atomic E-state index is 6.30. The van der Waals surface area contributed by atoms with Gasteiger partial charge in [0, 0.05) is 0 Å². The molecule has 0 amide bonds. The Hall–Kier alpha value is -1.38. The summed E-state index contributed by atoms with van der Waals surface area (Å²) >= 11 is 0. The third-order valence-electron chi connectivity index (χ3n) is 6.42. The van der Waals surface area contributed by atoms with Crippen molar-refractivity contribution in [2.24, 2.45) is 0 Å². The van der Waals surface area contributed by atoms with Crippen LogP contribution in [-0.4, -0.2) is 19.8 Å². The Bertz CT molecular complexity index is 545. The summed E-state index contributed by atoms with van der Waals surface area (Å²) in [7, 11) is 0. The number of aryl methyl sites for hydroxylation is 1. The molecule has 0 N–H and O–H groups in total. The van der Waals surface area contributed by atoms with Gasteiger partial charge in [-0.25, -0.2) is 0 Å². The minimum atomic E-state index is 0.732. The molecule has 0 bridgehead atoms. The lowest BCUT2D eigenvalue weighted by Crippen LogP contribution is -2.06. The highest BCUT2D eigenvalue weighted by atomic mass is 16.5. The molecule has 0 unspecified atom stereocenters. The minimum Gasteiger partial charge on any atom is -0.490 e. The lowest BCUT2D eigenvalue weighted by molar-refractivity contribution is 0.234. The summed E-state index contributed by atoms with van der Waals surface area (Å²) in [6.45, 7) is 11.1. The van der Waals surface area contributed by atoms with Crippen molar-refractivity contribution in [3.05, 3.63) is 17.7 Å². The van der Waals surface area contributed by atoms with Crippen LogP contribution in [0.5, 0.6) is 17.2 Å². The van der Waals surface area contributed by atoms with Crippen LogP contribution < -0.4 is 14.2 Å². The van der Waals surface area contributed by atoms with Crippen LogP contribution in [0.3, 0.4) is 0 Å². The van der Waals surface area contributed by atoms with Crippen molar-refractivity contribution in [3.63, 3.8) is 0 Å². The molecule has 1 rings (SSSR count). The van der Waals surface area contributed by atoms with E-state index in [1.807, 2.05) is 0 Å². The average Bonchev–Trinajstić information content (AvgIpc) is 2.83. The molecule has 0 heterocycles. The summed E-state index contributed by atoms with van der Waals surface area (Å²) in [4.78, 5) is 0. The molecular weight excluding hydrogens is 420 g/mol. The van der Waals surface area contributed by atoms with E-state index in [-0.39, 0.29) is 0 Å². The van der Waals surface area contributed by atoms with Crippen molar-refractivity contribution in [2.45, 2.75) is 143 Å². The standard InChI is InChI=1S/C31H56O3/c1-5-8-11-14-17-20-23-32-29-26-28(4)27-30(33-24-21-18-15-12-9-6-2)31(29)34-25-22-19-16-13-10-7-3/h26-27H,5-25H2,1-4H3. The van der Waals surface area contributed by atoms with Gasteiger partial charge in [0.25, 0.3) is 0 Å². The quantitative estimate of drug-likeness (QED) is 0.139. The van der Waals surface area contributed by atoms with Crippen LogP contribution in [0.15, 0.2) is 12.1 Å². The fourth-order valence-electron chi connectivity index (χ4n) is 4.25. The second-order valence-corrected chi connectivity index (χ2v) is 9.94. The van der Waals surface area contributed by atoms with Crippen LogP contribution >= 0.6 is 0 Å². The Morgan fingerprint density at radius 3 is 1.15 bits per heavy atom. The largest absolute Gasteiger partial charge is 0.490 e. The smallest absolute Gasteiger partial charge is 0.203 e. The van der Waals surface area contributed by atoms with E-state index >= 15 is 0 Å². The van der Waals surface area contributed by atoms with Crippen molar-refractivity contribution in [1.82, 2.24) is 0 Å². The fraction of sp³-hybridized carbons (Fsp3) is 0.806. The predicted molar refractivity (Wildman–Crippen MR) is 148 cm³/mol. The van der Waals surface area contributed by atoms with Crippen LogP contribution in [-0.2, 0) is 0 Å². The predicted octanol–water partition coefficient (Wildman–Crippen LogP) is 10.2. The summed E-state index contributed by atoms with van der Waals surface area (Å²) in [5, 5.41) is 0. The summed E-state index contributed by atoms with van der Waals surface area (Å²) < 4.78 is 18.8. The van der Waals surface area contributed by atoms with Crippen molar-refractivity contribution in [2.75, 3.05) is 19.8 Å². The van der Waals surface area contributed by atoms with Crippen LogP contribution in [0.25, 0.3) is 0 Å². The first-order chi connectivity index (χ1) is 16.7. The minimum absolute atomic E-state index is 0.732. The lowest BCUT2D eigenvalue weighted by Gasteiger charge is -2.18. The van der Waals surface area contributed by atoms with E-state index in [1.54, 1.807) is 0 Å². The summed E-state index contributed by atoms with van der Waals surface area (Å²) in [5.74, 6) is 2.53. The fourth-order valence-corrected chi connectivity index (χ4v) is 4.25. The summed E-state index contributed by atoms with van der Waals surface area (Å²) in [5.41, 5.74) is 1.17. The summed E-state index contributed by atoms with van der Waals surface area (Å²) in [6.07, 6.45) is 22.8. The van der Waals surface area contributed by atoms with E-state index in [2.05, 4.69) is 39.8 Å². The van der Waals surface area contributed by atoms with Gasteiger partial charge < -0.3 is 14.2 Å². The molecule has 0 radical (unpaired) electrons. The van der Waals surface area contributed by atoms with Crippen LogP contribution in [0.4, 0.5) is 0 Å². The van der Waals surface area contributed by atoms with Gasteiger partial charge in [0.05, 0.1) is 19.8 Å². The number of benzene rings is 1. The Kier molecular flexibility index (Phi) is 19.9. The highest BCUT2D eigenvalue weighted by Crippen LogP contribution is 2.39. The zero-order valence-electron chi connectivity index (χ0n) is 23.2. The first-order valence-corrected chi connectivity index (χ1v) is 14.8. The Morgan fingerprint density at radius 2 is 0.765 bits per heavy atom. The molecule has 0 fully saturated rings. The normalized spacial score (nSPS) is 11.1. The van der Waals surface area contributed by atoms with Gasteiger partial charge >= 0.3 is 0 Å². The molecule has 0 aromatic heterocycles. The second-order valence-electron chi connectivity index (χ2n) is 9.94. The Labute approximate surface area is 212 Å². The van der Waals surface area contributed by atoms with Crippen LogP contribution in [0, 0.1) is 6.92 Å². The SMILES string of the molecule is CCCCCCCCOc1cc(C)cc(OCCCCCCCC)c1OCCCCCCCC. The van der Waals surface area contributed by atoms with Crippen molar-refractivity contribution < 1.29 is 14.2 Å². The zero-order chi connectivity index (χ0) is 24.7. The molecule has 1 aromatic rings. The van der Waals surface area contributed by atoms with Gasteiger partial charge in [0.1, 0.15) is 0 Å². The molecule has 0 atom stereocenters. The lowest BCUT2D eigenvalue weighted by atomic mass is 10.1. The Morgan fingerprint density at radius 1 is 0.441 bits per heavy atom. The third-order valence-corrected chi connectivity index (χ3v) is 6.42. The molecule has 0 aliphatic rings. The van der Waals surface area contributed by atoms with Gasteiger partial charge in [-0.05, 0) is 43.9 Å². The molecule has 34 heavy (non-hydrogen) atoms. The van der Waals surface area contributed by atoms with E-state index < -0.39 is 0 Å². The Balaban J connectivity index is 2.61.